The molecule has 0 rings (SSSR count). The maximum Gasteiger partial charge on any atom is 0.472 e. The third kappa shape index (κ3) is 69.2. The zero-order chi connectivity index (χ0) is 70.7. The second kappa shape index (κ2) is 68.8. The standard InChI is InChI=1S/C77H150O17P2/c1-7-10-12-14-16-18-20-22-23-24-29-32-36-40-47-53-59-74(79)87-65-72(93-76(81)62-56-50-42-38-34-30-26-25-28-31-35-39-46-52-58-70(6)9-3)67-91-95(83,84)89-63-71(78)64-90-96(85,86)92-68-73(66-88-75(80)60-54-48-44-43-45-51-57-69(4)5)94-77(82)61-55-49-41-37-33-27-21-19-17-15-13-11-8-2/h69-73,78H,7-68H2,1-6H3,(H,83,84)(H,85,86)/t70?,71-,72-,73-/m1/s1. The lowest BCUT2D eigenvalue weighted by atomic mass is 9.99. The summed E-state index contributed by atoms with van der Waals surface area (Å²) in [4.78, 5) is 72.8. The third-order valence-electron chi connectivity index (χ3n) is 18.3. The van der Waals surface area contributed by atoms with Crippen LogP contribution < -0.4 is 0 Å². The summed E-state index contributed by atoms with van der Waals surface area (Å²) in [6.45, 7) is 9.58. The molecule has 3 unspecified atom stereocenters. The number of phosphoric acid groups is 2. The van der Waals surface area contributed by atoms with Crippen molar-refractivity contribution in [3.63, 3.8) is 0 Å². The number of ether oxygens (including phenoxy) is 4. The minimum absolute atomic E-state index is 0.107. The van der Waals surface area contributed by atoms with Crippen LogP contribution >= 0.6 is 15.6 Å². The van der Waals surface area contributed by atoms with Gasteiger partial charge in [0.1, 0.15) is 19.3 Å². The Bertz CT molecular complexity index is 1860. The molecule has 0 aliphatic carbocycles. The Labute approximate surface area is 588 Å². The van der Waals surface area contributed by atoms with E-state index in [9.17, 15) is 43.2 Å². The zero-order valence-corrected chi connectivity index (χ0v) is 64.5. The molecule has 0 aromatic rings. The minimum Gasteiger partial charge on any atom is -0.462 e. The lowest BCUT2D eigenvalue weighted by Crippen LogP contribution is -2.30. The predicted octanol–water partition coefficient (Wildman–Crippen LogP) is 22.7. The van der Waals surface area contributed by atoms with Crippen molar-refractivity contribution in [2.75, 3.05) is 39.6 Å². The van der Waals surface area contributed by atoms with E-state index in [1.165, 1.54) is 212 Å². The number of esters is 4. The predicted molar refractivity (Wildman–Crippen MR) is 391 cm³/mol. The number of phosphoric ester groups is 2. The first-order valence-corrected chi connectivity index (χ1v) is 43.0. The lowest BCUT2D eigenvalue weighted by molar-refractivity contribution is -0.161. The van der Waals surface area contributed by atoms with Gasteiger partial charge in [0.2, 0.25) is 0 Å². The molecule has 0 aromatic carbocycles. The van der Waals surface area contributed by atoms with Crippen molar-refractivity contribution in [1.29, 1.82) is 0 Å². The Kier molecular flexibility index (Phi) is 67.4. The fourth-order valence-corrected chi connectivity index (χ4v) is 13.4. The molecule has 0 aliphatic heterocycles. The first-order chi connectivity index (χ1) is 46.4. The highest BCUT2D eigenvalue weighted by Gasteiger charge is 2.30. The Morgan fingerprint density at radius 3 is 0.792 bits per heavy atom. The summed E-state index contributed by atoms with van der Waals surface area (Å²) >= 11 is 0. The van der Waals surface area contributed by atoms with E-state index in [2.05, 4.69) is 41.5 Å². The summed E-state index contributed by atoms with van der Waals surface area (Å²) < 4.78 is 68.5. The number of hydrogen-bond donors (Lipinski definition) is 3. The first-order valence-electron chi connectivity index (χ1n) is 40.0. The topological polar surface area (TPSA) is 237 Å². The average molecular weight is 1410 g/mol. The summed E-state index contributed by atoms with van der Waals surface area (Å²) in [5.74, 6) is -0.589. The van der Waals surface area contributed by atoms with Crippen molar-refractivity contribution in [2.45, 2.75) is 419 Å². The highest BCUT2D eigenvalue weighted by atomic mass is 31.2. The van der Waals surface area contributed by atoms with E-state index < -0.39 is 97.5 Å². The molecule has 0 heterocycles. The quantitative estimate of drug-likeness (QED) is 0.0222. The van der Waals surface area contributed by atoms with Crippen LogP contribution in [0.4, 0.5) is 0 Å². The van der Waals surface area contributed by atoms with Gasteiger partial charge in [0.05, 0.1) is 26.4 Å². The molecule has 6 atom stereocenters. The van der Waals surface area contributed by atoms with Gasteiger partial charge in [-0.05, 0) is 37.5 Å². The molecule has 17 nitrogen and oxygen atoms in total. The van der Waals surface area contributed by atoms with E-state index in [-0.39, 0.29) is 25.7 Å². The molecule has 0 fully saturated rings. The molecule has 0 amide bonds. The number of carbonyl (C=O) groups excluding carboxylic acids is 4. The van der Waals surface area contributed by atoms with Crippen molar-refractivity contribution in [2.24, 2.45) is 11.8 Å². The Morgan fingerprint density at radius 1 is 0.302 bits per heavy atom. The number of aliphatic hydroxyl groups is 1. The SMILES string of the molecule is CCCCCCCCCCCCCCCCCCC(=O)OC[C@H](COP(=O)(O)OC[C@@H](O)COP(=O)(O)OC[C@@H](COC(=O)CCCCCCCCC(C)C)OC(=O)CCCCCCCCCCCCCCC)OC(=O)CCCCCCCCCCCCCCCCC(C)CC. The number of carbonyl (C=O) groups is 4. The molecule has 570 valence electrons. The zero-order valence-electron chi connectivity index (χ0n) is 62.7. The Morgan fingerprint density at radius 2 is 0.531 bits per heavy atom. The van der Waals surface area contributed by atoms with Crippen molar-refractivity contribution in [1.82, 2.24) is 0 Å². The van der Waals surface area contributed by atoms with Crippen LogP contribution in [-0.4, -0.2) is 96.7 Å². The lowest BCUT2D eigenvalue weighted by Gasteiger charge is -2.21. The number of hydrogen-bond acceptors (Lipinski definition) is 15. The molecule has 0 saturated carbocycles. The number of aliphatic hydroxyl groups excluding tert-OH is 1. The highest BCUT2D eigenvalue weighted by molar-refractivity contribution is 7.47. The second-order valence-electron chi connectivity index (χ2n) is 28.5. The summed E-state index contributed by atoms with van der Waals surface area (Å²) in [5.41, 5.74) is 0. The van der Waals surface area contributed by atoms with E-state index in [1.807, 2.05) is 0 Å². The maximum absolute atomic E-state index is 13.1. The van der Waals surface area contributed by atoms with Gasteiger partial charge in [-0.3, -0.25) is 37.3 Å². The van der Waals surface area contributed by atoms with Gasteiger partial charge in [-0.15, -0.1) is 0 Å². The maximum atomic E-state index is 13.1. The van der Waals surface area contributed by atoms with E-state index in [0.717, 1.165) is 102 Å². The summed E-state index contributed by atoms with van der Waals surface area (Å²) in [6, 6.07) is 0. The minimum atomic E-state index is -4.96. The van der Waals surface area contributed by atoms with E-state index in [0.29, 0.717) is 31.6 Å². The van der Waals surface area contributed by atoms with E-state index in [1.54, 1.807) is 0 Å². The third-order valence-corrected chi connectivity index (χ3v) is 20.2. The molecule has 0 aliphatic rings. The molecule has 0 saturated heterocycles. The number of rotatable bonds is 76. The van der Waals surface area contributed by atoms with Gasteiger partial charge in [-0.1, -0.05) is 350 Å². The fourth-order valence-electron chi connectivity index (χ4n) is 11.8. The molecule has 96 heavy (non-hydrogen) atoms. The normalized spacial score (nSPS) is 14.3. The number of unbranched alkanes of at least 4 members (excludes halogenated alkanes) is 45. The Balaban J connectivity index is 5.23. The molecular formula is C77H150O17P2. The second-order valence-corrected chi connectivity index (χ2v) is 31.4. The molecule has 0 spiro atoms. The van der Waals surface area contributed by atoms with Gasteiger partial charge in [-0.2, -0.15) is 0 Å². The van der Waals surface area contributed by atoms with Crippen LogP contribution in [0.2, 0.25) is 0 Å². The van der Waals surface area contributed by atoms with Crippen LogP contribution in [0.5, 0.6) is 0 Å². The smallest absolute Gasteiger partial charge is 0.462 e. The summed E-state index contributed by atoms with van der Waals surface area (Å²) in [7, 11) is -9.91. The van der Waals surface area contributed by atoms with Crippen molar-refractivity contribution in [3.05, 3.63) is 0 Å². The van der Waals surface area contributed by atoms with Crippen LogP contribution in [0.1, 0.15) is 401 Å². The van der Waals surface area contributed by atoms with Gasteiger partial charge >= 0.3 is 39.5 Å². The van der Waals surface area contributed by atoms with Crippen molar-refractivity contribution in [3.8, 4) is 0 Å². The van der Waals surface area contributed by atoms with Crippen molar-refractivity contribution < 1.29 is 80.2 Å². The summed E-state index contributed by atoms with van der Waals surface area (Å²) in [6.07, 6.45) is 56.9. The van der Waals surface area contributed by atoms with Gasteiger partial charge < -0.3 is 33.8 Å². The van der Waals surface area contributed by atoms with Crippen LogP contribution in [0.3, 0.4) is 0 Å². The molecule has 0 aromatic heterocycles. The van der Waals surface area contributed by atoms with Gasteiger partial charge in [0.15, 0.2) is 12.2 Å². The molecule has 19 heteroatoms. The molecular weight excluding hydrogens is 1260 g/mol. The fraction of sp³-hybridized carbons (Fsp3) is 0.948. The van der Waals surface area contributed by atoms with E-state index >= 15 is 0 Å². The van der Waals surface area contributed by atoms with Crippen LogP contribution in [0.15, 0.2) is 0 Å². The highest BCUT2D eigenvalue weighted by Crippen LogP contribution is 2.45. The van der Waals surface area contributed by atoms with E-state index in [4.69, 9.17) is 37.0 Å². The molecule has 0 bridgehead atoms. The van der Waals surface area contributed by atoms with Crippen molar-refractivity contribution >= 4 is 39.5 Å². The largest absolute Gasteiger partial charge is 0.472 e. The monoisotopic (exact) mass is 1410 g/mol. The van der Waals surface area contributed by atoms with Gasteiger partial charge in [0, 0.05) is 25.7 Å². The van der Waals surface area contributed by atoms with Crippen LogP contribution in [-0.2, 0) is 65.4 Å². The average Bonchev–Trinajstić information content (AvgIpc) is 2.62. The van der Waals surface area contributed by atoms with Crippen LogP contribution in [0.25, 0.3) is 0 Å². The summed E-state index contributed by atoms with van der Waals surface area (Å²) in [5, 5.41) is 10.6. The van der Waals surface area contributed by atoms with Gasteiger partial charge in [-0.25, -0.2) is 9.13 Å². The Hall–Kier alpha value is -1.94. The van der Waals surface area contributed by atoms with Crippen LogP contribution in [0, 0.1) is 11.8 Å². The molecule has 3 N–H and O–H groups in total. The first kappa shape index (κ1) is 94.1. The molecule has 0 radical (unpaired) electrons. The van der Waals surface area contributed by atoms with Gasteiger partial charge in [0.25, 0.3) is 0 Å².